The number of anilines is 1. The molecule has 1 amide bonds. The lowest BCUT2D eigenvalue weighted by Crippen LogP contribution is -2.17. The van der Waals surface area contributed by atoms with Gasteiger partial charge in [-0.3, -0.25) is 4.79 Å². The molecular weight excluding hydrogens is 306 g/mol. The van der Waals surface area contributed by atoms with E-state index in [9.17, 15) is 4.79 Å². The first-order valence-electron chi connectivity index (χ1n) is 6.15. The van der Waals surface area contributed by atoms with Crippen LogP contribution in [0, 0.1) is 5.92 Å². The molecule has 0 aliphatic rings. The maximum Gasteiger partial charge on any atom is 0.257 e. The molecule has 1 heterocycles. The lowest BCUT2D eigenvalue weighted by molar-refractivity contribution is 0.102. The zero-order valence-corrected chi connectivity index (χ0v) is 12.5. The van der Waals surface area contributed by atoms with Crippen molar-refractivity contribution in [2.75, 3.05) is 5.32 Å². The number of rotatable bonds is 4. The van der Waals surface area contributed by atoms with E-state index in [0.29, 0.717) is 11.5 Å². The summed E-state index contributed by atoms with van der Waals surface area (Å²) < 4.78 is 2.58. The number of halogens is 1. The number of nitrogens with one attached hydrogen (secondary N) is 1. The highest BCUT2D eigenvalue weighted by Gasteiger charge is 2.12. The van der Waals surface area contributed by atoms with Gasteiger partial charge >= 0.3 is 0 Å². The van der Waals surface area contributed by atoms with Gasteiger partial charge in [-0.05, 0) is 34.0 Å². The molecule has 0 saturated heterocycles. The molecule has 0 atom stereocenters. The molecule has 0 saturated carbocycles. The molecule has 0 aliphatic heterocycles. The Labute approximate surface area is 120 Å². The van der Waals surface area contributed by atoms with Crippen LogP contribution >= 0.6 is 15.9 Å². The summed E-state index contributed by atoms with van der Waals surface area (Å²) in [6.07, 6.45) is 1.69. The van der Waals surface area contributed by atoms with Crippen molar-refractivity contribution in [3.8, 4) is 0 Å². The minimum Gasteiger partial charge on any atom is -0.307 e. The number of amides is 1. The fraction of sp³-hybridized carbons (Fsp3) is 0.286. The van der Waals surface area contributed by atoms with Gasteiger partial charge in [0.05, 0.1) is 11.8 Å². The monoisotopic (exact) mass is 321 g/mol. The van der Waals surface area contributed by atoms with Gasteiger partial charge in [-0.15, -0.1) is 0 Å². The zero-order valence-electron chi connectivity index (χ0n) is 10.9. The molecule has 1 N–H and O–H groups in total. The maximum absolute atomic E-state index is 12.2. The quantitative estimate of drug-likeness (QED) is 0.936. The van der Waals surface area contributed by atoms with Crippen LogP contribution in [0.25, 0.3) is 0 Å². The van der Waals surface area contributed by atoms with Gasteiger partial charge in [0.1, 0.15) is 5.82 Å². The van der Waals surface area contributed by atoms with E-state index in [0.717, 1.165) is 16.8 Å². The summed E-state index contributed by atoms with van der Waals surface area (Å²) in [4.78, 5) is 12.2. The Morgan fingerprint density at radius 3 is 2.79 bits per heavy atom. The van der Waals surface area contributed by atoms with E-state index in [1.807, 2.05) is 18.2 Å². The Morgan fingerprint density at radius 1 is 1.37 bits per heavy atom. The first-order chi connectivity index (χ1) is 9.08. The molecular formula is C14H16BrN3O. The number of benzene rings is 1. The van der Waals surface area contributed by atoms with Gasteiger partial charge in [0.25, 0.3) is 5.91 Å². The van der Waals surface area contributed by atoms with Crippen molar-refractivity contribution in [2.24, 2.45) is 5.92 Å². The third-order valence-electron chi connectivity index (χ3n) is 2.61. The highest BCUT2D eigenvalue weighted by atomic mass is 79.9. The molecule has 0 fully saturated rings. The molecule has 2 rings (SSSR count). The summed E-state index contributed by atoms with van der Waals surface area (Å²) in [7, 11) is 0. The van der Waals surface area contributed by atoms with Gasteiger partial charge in [-0.25, -0.2) is 4.68 Å². The Morgan fingerprint density at radius 2 is 2.11 bits per heavy atom. The molecule has 4 nitrogen and oxygen atoms in total. The fourth-order valence-corrected chi connectivity index (χ4v) is 2.22. The molecule has 5 heteroatoms. The molecule has 0 unspecified atom stereocenters. The van der Waals surface area contributed by atoms with Crippen LogP contribution in [-0.4, -0.2) is 15.7 Å². The van der Waals surface area contributed by atoms with E-state index < -0.39 is 0 Å². The number of hydrogen-bond acceptors (Lipinski definition) is 2. The summed E-state index contributed by atoms with van der Waals surface area (Å²) in [6.45, 7) is 5.00. The Kier molecular flexibility index (Phi) is 4.37. The van der Waals surface area contributed by atoms with Crippen LogP contribution in [0.4, 0.5) is 5.82 Å². The number of aromatic nitrogens is 2. The van der Waals surface area contributed by atoms with Crippen molar-refractivity contribution in [3.63, 3.8) is 0 Å². The number of carbonyl (C=O) groups is 1. The molecule has 100 valence electrons. The normalized spacial score (nSPS) is 10.7. The summed E-state index contributed by atoms with van der Waals surface area (Å²) >= 11 is 3.38. The van der Waals surface area contributed by atoms with E-state index in [4.69, 9.17) is 0 Å². The van der Waals surface area contributed by atoms with E-state index >= 15 is 0 Å². The van der Waals surface area contributed by atoms with Gasteiger partial charge < -0.3 is 5.32 Å². The standard InChI is InChI=1S/C14H16BrN3O/c1-10(2)9-18-13(7-8-16-18)17-14(19)11-5-3-4-6-12(11)15/h3-8,10H,9H2,1-2H3,(H,17,19). The first kappa shape index (κ1) is 13.8. The summed E-state index contributed by atoms with van der Waals surface area (Å²) in [5.41, 5.74) is 0.611. The van der Waals surface area contributed by atoms with Crippen LogP contribution in [0.5, 0.6) is 0 Å². The highest BCUT2D eigenvalue weighted by Crippen LogP contribution is 2.18. The maximum atomic E-state index is 12.2. The Hall–Kier alpha value is -1.62. The third-order valence-corrected chi connectivity index (χ3v) is 3.31. The molecule has 2 aromatic rings. The lowest BCUT2D eigenvalue weighted by atomic mass is 10.2. The van der Waals surface area contributed by atoms with Crippen LogP contribution in [0.2, 0.25) is 0 Å². The zero-order chi connectivity index (χ0) is 13.8. The Balaban J connectivity index is 2.16. The van der Waals surface area contributed by atoms with Crippen molar-refractivity contribution in [1.29, 1.82) is 0 Å². The van der Waals surface area contributed by atoms with Crippen molar-refractivity contribution in [3.05, 3.63) is 46.6 Å². The second-order valence-corrected chi connectivity index (χ2v) is 5.58. The van der Waals surface area contributed by atoms with Crippen molar-refractivity contribution in [2.45, 2.75) is 20.4 Å². The second-order valence-electron chi connectivity index (χ2n) is 4.73. The van der Waals surface area contributed by atoms with E-state index in [-0.39, 0.29) is 5.91 Å². The number of carbonyl (C=O) groups excluding carboxylic acids is 1. The fourth-order valence-electron chi connectivity index (χ4n) is 1.76. The smallest absolute Gasteiger partial charge is 0.257 e. The summed E-state index contributed by atoms with van der Waals surface area (Å²) in [5, 5.41) is 7.10. The summed E-state index contributed by atoms with van der Waals surface area (Å²) in [6, 6.07) is 9.15. The van der Waals surface area contributed by atoms with Crippen molar-refractivity contribution in [1.82, 2.24) is 9.78 Å². The average molecular weight is 322 g/mol. The molecule has 0 radical (unpaired) electrons. The van der Waals surface area contributed by atoms with Crippen LogP contribution in [-0.2, 0) is 6.54 Å². The van der Waals surface area contributed by atoms with E-state index in [2.05, 4.69) is 40.2 Å². The topological polar surface area (TPSA) is 46.9 Å². The largest absolute Gasteiger partial charge is 0.307 e. The third kappa shape index (κ3) is 3.44. The van der Waals surface area contributed by atoms with E-state index in [1.54, 1.807) is 23.0 Å². The molecule has 0 bridgehead atoms. The van der Waals surface area contributed by atoms with Gasteiger partial charge in [-0.1, -0.05) is 26.0 Å². The predicted molar refractivity (Wildman–Crippen MR) is 79.2 cm³/mol. The van der Waals surface area contributed by atoms with Gasteiger partial charge in [0, 0.05) is 17.1 Å². The van der Waals surface area contributed by atoms with Crippen LogP contribution in [0.15, 0.2) is 41.0 Å². The molecule has 0 aliphatic carbocycles. The minimum atomic E-state index is -0.141. The van der Waals surface area contributed by atoms with Gasteiger partial charge in [0.15, 0.2) is 0 Å². The van der Waals surface area contributed by atoms with Crippen molar-refractivity contribution < 1.29 is 4.79 Å². The van der Waals surface area contributed by atoms with Gasteiger partial charge in [0.2, 0.25) is 0 Å². The Bertz CT molecular complexity index is 578. The second kappa shape index (κ2) is 6.02. The number of nitrogens with zero attached hydrogens (tertiary/aromatic N) is 2. The molecule has 0 spiro atoms. The predicted octanol–water partition coefficient (Wildman–Crippen LogP) is 3.55. The number of hydrogen-bond donors (Lipinski definition) is 1. The lowest BCUT2D eigenvalue weighted by Gasteiger charge is -2.11. The van der Waals surface area contributed by atoms with Crippen LogP contribution in [0.3, 0.4) is 0 Å². The van der Waals surface area contributed by atoms with E-state index in [1.165, 1.54) is 0 Å². The summed E-state index contributed by atoms with van der Waals surface area (Å²) in [5.74, 6) is 1.05. The average Bonchev–Trinajstić information content (AvgIpc) is 2.76. The first-order valence-corrected chi connectivity index (χ1v) is 6.95. The van der Waals surface area contributed by atoms with Crippen LogP contribution in [0.1, 0.15) is 24.2 Å². The van der Waals surface area contributed by atoms with Crippen molar-refractivity contribution >= 4 is 27.7 Å². The van der Waals surface area contributed by atoms with Crippen LogP contribution < -0.4 is 5.32 Å². The van der Waals surface area contributed by atoms with Gasteiger partial charge in [-0.2, -0.15) is 5.10 Å². The molecule has 1 aromatic carbocycles. The molecule has 19 heavy (non-hydrogen) atoms. The highest BCUT2D eigenvalue weighted by molar-refractivity contribution is 9.10. The SMILES string of the molecule is CC(C)Cn1nccc1NC(=O)c1ccccc1Br. The molecule has 1 aromatic heterocycles. The minimum absolute atomic E-state index is 0.141.